The van der Waals surface area contributed by atoms with Crippen LogP contribution in [0, 0.1) is 0 Å². The van der Waals surface area contributed by atoms with Crippen molar-refractivity contribution in [3.05, 3.63) is 52.3 Å². The van der Waals surface area contributed by atoms with E-state index < -0.39 is 0 Å². The van der Waals surface area contributed by atoms with Gasteiger partial charge in [-0.3, -0.25) is 9.79 Å². The SMILES string of the molecule is O=C1c2cc3scnc3cc2C2=NCCn3ccc1c32. The van der Waals surface area contributed by atoms with Crippen molar-refractivity contribution in [2.75, 3.05) is 6.54 Å². The van der Waals surface area contributed by atoms with E-state index in [0.29, 0.717) is 0 Å². The predicted molar refractivity (Wildman–Crippen MR) is 78.0 cm³/mol. The van der Waals surface area contributed by atoms with Crippen LogP contribution in [0.3, 0.4) is 0 Å². The van der Waals surface area contributed by atoms with Crippen molar-refractivity contribution in [2.45, 2.75) is 6.54 Å². The molecule has 20 heavy (non-hydrogen) atoms. The summed E-state index contributed by atoms with van der Waals surface area (Å²) in [7, 11) is 0. The van der Waals surface area contributed by atoms with Crippen LogP contribution in [0.1, 0.15) is 27.2 Å². The number of fused-ring (bicyclic) bond motifs is 3. The van der Waals surface area contributed by atoms with E-state index in [1.165, 1.54) is 0 Å². The van der Waals surface area contributed by atoms with Crippen LogP contribution >= 0.6 is 11.3 Å². The molecule has 2 aliphatic rings. The van der Waals surface area contributed by atoms with Crippen LogP contribution in [0.25, 0.3) is 10.2 Å². The van der Waals surface area contributed by atoms with Crippen molar-refractivity contribution < 1.29 is 4.79 Å². The standard InChI is InChI=1S/C15H9N3OS/c19-15-8-1-3-18-4-2-16-13(14(8)18)9-5-11-12(6-10(9)15)20-7-17-11/h1,3,5-7H,2,4H2. The van der Waals surface area contributed by atoms with Crippen molar-refractivity contribution in [1.29, 1.82) is 0 Å². The van der Waals surface area contributed by atoms with E-state index in [0.717, 1.165) is 51.4 Å². The molecular weight excluding hydrogens is 270 g/mol. The van der Waals surface area contributed by atoms with Crippen molar-refractivity contribution in [3.63, 3.8) is 0 Å². The Kier molecular flexibility index (Phi) is 1.80. The smallest absolute Gasteiger partial charge is 0.195 e. The third-order valence-electron chi connectivity index (χ3n) is 4.01. The van der Waals surface area contributed by atoms with Crippen molar-refractivity contribution in [2.24, 2.45) is 4.99 Å². The number of nitrogens with zero attached hydrogens (tertiary/aromatic N) is 3. The highest BCUT2D eigenvalue weighted by atomic mass is 32.1. The minimum absolute atomic E-state index is 0.102. The highest BCUT2D eigenvalue weighted by Gasteiger charge is 2.32. The predicted octanol–water partition coefficient (Wildman–Crippen LogP) is 2.49. The molecule has 1 aliphatic carbocycles. The fourth-order valence-corrected chi connectivity index (χ4v) is 3.79. The van der Waals surface area contributed by atoms with Gasteiger partial charge in [-0.05, 0) is 18.2 Å². The summed E-state index contributed by atoms with van der Waals surface area (Å²) in [6.07, 6.45) is 1.99. The van der Waals surface area contributed by atoms with Gasteiger partial charge < -0.3 is 4.57 Å². The number of ketones is 1. The Labute approximate surface area is 118 Å². The molecule has 1 aromatic carbocycles. The van der Waals surface area contributed by atoms with Gasteiger partial charge in [-0.25, -0.2) is 4.98 Å². The van der Waals surface area contributed by atoms with Crippen molar-refractivity contribution in [1.82, 2.24) is 9.55 Å². The molecule has 0 atom stereocenters. The Bertz CT molecular complexity index is 932. The normalized spacial score (nSPS) is 16.0. The number of benzene rings is 1. The zero-order chi connectivity index (χ0) is 13.3. The minimum atomic E-state index is 0.102. The van der Waals surface area contributed by atoms with Gasteiger partial charge in [0.05, 0.1) is 33.7 Å². The molecule has 0 radical (unpaired) electrons. The largest absolute Gasteiger partial charge is 0.344 e. The van der Waals surface area contributed by atoms with E-state index in [4.69, 9.17) is 0 Å². The number of aliphatic imine (C=N–C) groups is 1. The maximum absolute atomic E-state index is 12.7. The highest BCUT2D eigenvalue weighted by Crippen LogP contribution is 2.33. The van der Waals surface area contributed by atoms with Crippen LogP contribution in [0.15, 0.2) is 34.9 Å². The molecule has 0 fully saturated rings. The minimum Gasteiger partial charge on any atom is -0.344 e. The molecule has 0 saturated heterocycles. The summed E-state index contributed by atoms with van der Waals surface area (Å²) in [5, 5.41) is 0. The van der Waals surface area contributed by atoms with Gasteiger partial charge >= 0.3 is 0 Å². The van der Waals surface area contributed by atoms with Crippen LogP contribution in [-0.4, -0.2) is 27.6 Å². The molecular formula is C15H9N3OS. The number of thiazole rings is 1. The Morgan fingerprint density at radius 2 is 2.15 bits per heavy atom. The van der Waals surface area contributed by atoms with Gasteiger partial charge in [-0.2, -0.15) is 0 Å². The lowest BCUT2D eigenvalue weighted by molar-refractivity contribution is 0.103. The molecule has 0 unspecified atom stereocenters. The Balaban J connectivity index is 1.93. The van der Waals surface area contributed by atoms with Gasteiger partial charge in [0, 0.05) is 29.4 Å². The van der Waals surface area contributed by atoms with Gasteiger partial charge in [0.15, 0.2) is 5.78 Å². The molecule has 0 N–H and O–H groups in total. The van der Waals surface area contributed by atoms with E-state index in [9.17, 15) is 4.79 Å². The fourth-order valence-electron chi connectivity index (χ4n) is 3.10. The fraction of sp³-hybridized carbons (Fsp3) is 0.133. The van der Waals surface area contributed by atoms with Crippen LogP contribution < -0.4 is 0 Å². The summed E-state index contributed by atoms with van der Waals surface area (Å²) in [6, 6.07) is 5.88. The van der Waals surface area contributed by atoms with Crippen LogP contribution in [0.2, 0.25) is 0 Å². The van der Waals surface area contributed by atoms with E-state index >= 15 is 0 Å². The van der Waals surface area contributed by atoms with E-state index in [1.807, 2.05) is 29.9 Å². The summed E-state index contributed by atoms with van der Waals surface area (Å²) < 4.78 is 3.18. The summed E-state index contributed by atoms with van der Waals surface area (Å²) in [4.78, 5) is 21.7. The Morgan fingerprint density at radius 1 is 1.20 bits per heavy atom. The number of aromatic nitrogens is 2. The highest BCUT2D eigenvalue weighted by molar-refractivity contribution is 7.16. The summed E-state index contributed by atoms with van der Waals surface area (Å²) in [5.74, 6) is 0.102. The summed E-state index contributed by atoms with van der Waals surface area (Å²) >= 11 is 1.56. The molecule has 0 spiro atoms. The number of hydrogen-bond donors (Lipinski definition) is 0. The molecule has 0 amide bonds. The summed E-state index contributed by atoms with van der Waals surface area (Å²) in [5.41, 5.74) is 7.14. The number of carbonyl (C=O) groups is 1. The van der Waals surface area contributed by atoms with Crippen LogP contribution in [0.5, 0.6) is 0 Å². The average molecular weight is 279 g/mol. The molecule has 0 saturated carbocycles. The molecule has 3 heterocycles. The van der Waals surface area contributed by atoms with E-state index in [1.54, 1.807) is 11.3 Å². The zero-order valence-electron chi connectivity index (χ0n) is 10.5. The first kappa shape index (κ1) is 10.5. The molecule has 5 heteroatoms. The molecule has 5 rings (SSSR count). The van der Waals surface area contributed by atoms with Crippen LogP contribution in [0.4, 0.5) is 0 Å². The lowest BCUT2D eigenvalue weighted by Crippen LogP contribution is -2.27. The van der Waals surface area contributed by atoms with Gasteiger partial charge in [0.25, 0.3) is 0 Å². The maximum Gasteiger partial charge on any atom is 0.195 e. The molecule has 0 bridgehead atoms. The van der Waals surface area contributed by atoms with E-state index in [2.05, 4.69) is 14.5 Å². The first-order chi connectivity index (χ1) is 9.83. The first-order valence-electron chi connectivity index (χ1n) is 6.49. The molecule has 96 valence electrons. The van der Waals surface area contributed by atoms with Gasteiger partial charge in [-0.1, -0.05) is 0 Å². The van der Waals surface area contributed by atoms with Gasteiger partial charge in [-0.15, -0.1) is 11.3 Å². The number of hydrogen-bond acceptors (Lipinski definition) is 4. The monoisotopic (exact) mass is 279 g/mol. The first-order valence-corrected chi connectivity index (χ1v) is 7.37. The third-order valence-corrected chi connectivity index (χ3v) is 4.81. The number of carbonyl (C=O) groups excluding carboxylic acids is 1. The molecule has 3 aromatic rings. The lowest BCUT2D eigenvalue weighted by Gasteiger charge is -2.23. The summed E-state index contributed by atoms with van der Waals surface area (Å²) in [6.45, 7) is 1.61. The average Bonchev–Trinajstić information content (AvgIpc) is 3.10. The quantitative estimate of drug-likeness (QED) is 0.496. The van der Waals surface area contributed by atoms with Gasteiger partial charge in [0.2, 0.25) is 0 Å². The van der Waals surface area contributed by atoms with Crippen molar-refractivity contribution >= 4 is 33.0 Å². The molecule has 2 aromatic heterocycles. The Hall–Kier alpha value is -2.27. The molecule has 1 aliphatic heterocycles. The second-order valence-electron chi connectivity index (χ2n) is 5.05. The second-order valence-corrected chi connectivity index (χ2v) is 5.94. The van der Waals surface area contributed by atoms with Crippen molar-refractivity contribution in [3.8, 4) is 0 Å². The second kappa shape index (κ2) is 3.43. The third kappa shape index (κ3) is 1.14. The maximum atomic E-state index is 12.7. The topological polar surface area (TPSA) is 47.2 Å². The zero-order valence-corrected chi connectivity index (χ0v) is 11.3. The molecule has 4 nitrogen and oxygen atoms in total. The van der Waals surface area contributed by atoms with E-state index in [-0.39, 0.29) is 5.78 Å². The van der Waals surface area contributed by atoms with Crippen LogP contribution in [-0.2, 0) is 6.54 Å². The number of rotatable bonds is 0. The Morgan fingerprint density at radius 3 is 3.10 bits per heavy atom. The van der Waals surface area contributed by atoms with Gasteiger partial charge in [0.1, 0.15) is 0 Å². The lowest BCUT2D eigenvalue weighted by atomic mass is 9.87.